The number of hydrogen-bond donors (Lipinski definition) is 0. The second-order valence-electron chi connectivity index (χ2n) is 3.46. The molecule has 0 spiro atoms. The summed E-state index contributed by atoms with van der Waals surface area (Å²) in [5, 5.41) is 0. The lowest BCUT2D eigenvalue weighted by Gasteiger charge is -2.18. The number of allylic oxidation sites excluding steroid dienone is 1. The van der Waals surface area contributed by atoms with E-state index in [1.807, 2.05) is 0 Å². The van der Waals surface area contributed by atoms with E-state index in [1.165, 1.54) is 12.5 Å². The summed E-state index contributed by atoms with van der Waals surface area (Å²) in [7, 11) is 0. The quantitative estimate of drug-likeness (QED) is 0.352. The molecule has 0 radical (unpaired) electrons. The zero-order valence-corrected chi connectivity index (χ0v) is 10.2. The van der Waals surface area contributed by atoms with E-state index in [2.05, 4.69) is 18.7 Å². The highest BCUT2D eigenvalue weighted by Crippen LogP contribution is 1.94. The van der Waals surface area contributed by atoms with E-state index in [1.54, 1.807) is 13.0 Å². The van der Waals surface area contributed by atoms with Crippen molar-refractivity contribution >= 4 is 5.97 Å². The third-order valence-electron chi connectivity index (χ3n) is 2.15. The van der Waals surface area contributed by atoms with Crippen LogP contribution in [-0.4, -0.2) is 37.1 Å². The SMILES string of the molecule is C/C=C/C(=O)OCCCN(CC)CCC. The number of nitrogens with zero attached hydrogens (tertiary/aromatic N) is 1. The van der Waals surface area contributed by atoms with Crippen LogP contribution < -0.4 is 0 Å². The van der Waals surface area contributed by atoms with Crippen LogP contribution in [-0.2, 0) is 9.53 Å². The van der Waals surface area contributed by atoms with Crippen LogP contribution in [0.15, 0.2) is 12.2 Å². The van der Waals surface area contributed by atoms with Gasteiger partial charge < -0.3 is 9.64 Å². The van der Waals surface area contributed by atoms with Crippen LogP contribution in [0.25, 0.3) is 0 Å². The first kappa shape index (κ1) is 14.2. The van der Waals surface area contributed by atoms with Gasteiger partial charge in [0.15, 0.2) is 0 Å². The highest BCUT2D eigenvalue weighted by molar-refractivity contribution is 5.81. The Morgan fingerprint density at radius 1 is 1.33 bits per heavy atom. The highest BCUT2D eigenvalue weighted by atomic mass is 16.5. The lowest BCUT2D eigenvalue weighted by Crippen LogP contribution is -2.26. The average Bonchev–Trinajstić information content (AvgIpc) is 2.23. The average molecular weight is 213 g/mol. The summed E-state index contributed by atoms with van der Waals surface area (Å²) in [6, 6.07) is 0. The van der Waals surface area contributed by atoms with Gasteiger partial charge in [0.1, 0.15) is 0 Å². The predicted molar refractivity (Wildman–Crippen MR) is 62.8 cm³/mol. The maximum atomic E-state index is 11.0. The molecule has 0 aromatic heterocycles. The first-order valence-electron chi connectivity index (χ1n) is 5.76. The Labute approximate surface area is 93.1 Å². The molecule has 88 valence electrons. The first-order chi connectivity index (χ1) is 7.24. The van der Waals surface area contributed by atoms with Crippen molar-refractivity contribution < 1.29 is 9.53 Å². The Balaban J connectivity index is 3.47. The van der Waals surface area contributed by atoms with Gasteiger partial charge in [-0.2, -0.15) is 0 Å². The highest BCUT2D eigenvalue weighted by Gasteiger charge is 2.01. The van der Waals surface area contributed by atoms with Crippen molar-refractivity contribution in [1.82, 2.24) is 4.90 Å². The van der Waals surface area contributed by atoms with Crippen LogP contribution >= 0.6 is 0 Å². The fraction of sp³-hybridized carbons (Fsp3) is 0.750. The number of ether oxygens (including phenoxy) is 1. The topological polar surface area (TPSA) is 29.5 Å². The van der Waals surface area contributed by atoms with Crippen molar-refractivity contribution in [1.29, 1.82) is 0 Å². The standard InChI is InChI=1S/C12H23NO2/c1-4-8-12(14)15-11-7-10-13(6-3)9-5-2/h4,8H,5-7,9-11H2,1-3H3/b8-4+. The summed E-state index contributed by atoms with van der Waals surface area (Å²) in [6.45, 7) is 9.85. The van der Waals surface area contributed by atoms with Crippen LogP contribution in [0.4, 0.5) is 0 Å². The molecule has 0 saturated heterocycles. The number of carbonyl (C=O) groups excluding carboxylic acids is 1. The van der Waals surface area contributed by atoms with E-state index in [0.717, 1.165) is 26.1 Å². The minimum atomic E-state index is -0.240. The number of carbonyl (C=O) groups is 1. The van der Waals surface area contributed by atoms with Crippen molar-refractivity contribution in [2.45, 2.75) is 33.6 Å². The Morgan fingerprint density at radius 3 is 2.60 bits per heavy atom. The molecular weight excluding hydrogens is 190 g/mol. The van der Waals surface area contributed by atoms with Crippen LogP contribution in [0.3, 0.4) is 0 Å². The summed E-state index contributed by atoms with van der Waals surface area (Å²) in [5.41, 5.74) is 0. The van der Waals surface area contributed by atoms with Gasteiger partial charge in [-0.25, -0.2) is 4.79 Å². The van der Waals surface area contributed by atoms with Crippen LogP contribution in [0.5, 0.6) is 0 Å². The van der Waals surface area contributed by atoms with Gasteiger partial charge in [-0.3, -0.25) is 0 Å². The maximum absolute atomic E-state index is 11.0. The van der Waals surface area contributed by atoms with E-state index >= 15 is 0 Å². The van der Waals surface area contributed by atoms with Crippen LogP contribution in [0.2, 0.25) is 0 Å². The van der Waals surface area contributed by atoms with Crippen molar-refractivity contribution in [3.8, 4) is 0 Å². The molecule has 3 nitrogen and oxygen atoms in total. The molecule has 15 heavy (non-hydrogen) atoms. The van der Waals surface area contributed by atoms with E-state index in [0.29, 0.717) is 6.61 Å². The molecule has 0 bridgehead atoms. The summed E-state index contributed by atoms with van der Waals surface area (Å²) in [5.74, 6) is -0.240. The maximum Gasteiger partial charge on any atom is 0.330 e. The van der Waals surface area contributed by atoms with E-state index in [9.17, 15) is 4.79 Å². The van der Waals surface area contributed by atoms with Crippen LogP contribution in [0.1, 0.15) is 33.6 Å². The molecule has 0 N–H and O–H groups in total. The van der Waals surface area contributed by atoms with E-state index in [4.69, 9.17) is 4.74 Å². The lowest BCUT2D eigenvalue weighted by molar-refractivity contribution is -0.137. The molecular formula is C12H23NO2. The van der Waals surface area contributed by atoms with E-state index < -0.39 is 0 Å². The van der Waals surface area contributed by atoms with Gasteiger partial charge in [-0.1, -0.05) is 19.9 Å². The van der Waals surface area contributed by atoms with Gasteiger partial charge in [0.05, 0.1) is 6.61 Å². The Kier molecular flexibility index (Phi) is 9.18. The molecule has 0 atom stereocenters. The van der Waals surface area contributed by atoms with Gasteiger partial charge in [0.2, 0.25) is 0 Å². The molecule has 0 aliphatic heterocycles. The second kappa shape index (κ2) is 9.71. The Hall–Kier alpha value is -0.830. The van der Waals surface area contributed by atoms with Crippen molar-refractivity contribution in [2.75, 3.05) is 26.2 Å². The monoisotopic (exact) mass is 213 g/mol. The minimum absolute atomic E-state index is 0.240. The Bertz CT molecular complexity index is 190. The Morgan fingerprint density at radius 2 is 2.07 bits per heavy atom. The van der Waals surface area contributed by atoms with Gasteiger partial charge in [-0.05, 0) is 32.9 Å². The van der Waals surface area contributed by atoms with Crippen molar-refractivity contribution in [2.24, 2.45) is 0 Å². The molecule has 0 amide bonds. The first-order valence-corrected chi connectivity index (χ1v) is 5.76. The zero-order chi connectivity index (χ0) is 11.5. The molecule has 0 heterocycles. The van der Waals surface area contributed by atoms with Gasteiger partial charge >= 0.3 is 5.97 Å². The molecule has 0 unspecified atom stereocenters. The summed E-state index contributed by atoms with van der Waals surface area (Å²) in [4.78, 5) is 13.3. The van der Waals surface area contributed by atoms with Gasteiger partial charge in [-0.15, -0.1) is 0 Å². The normalized spacial score (nSPS) is 11.2. The molecule has 3 heteroatoms. The van der Waals surface area contributed by atoms with Gasteiger partial charge in [0.25, 0.3) is 0 Å². The predicted octanol–water partition coefficient (Wildman–Crippen LogP) is 2.23. The van der Waals surface area contributed by atoms with Gasteiger partial charge in [0, 0.05) is 12.6 Å². The van der Waals surface area contributed by atoms with E-state index in [-0.39, 0.29) is 5.97 Å². The lowest BCUT2D eigenvalue weighted by atomic mass is 10.3. The molecule has 0 fully saturated rings. The minimum Gasteiger partial charge on any atom is -0.462 e. The number of rotatable bonds is 8. The molecule has 0 aromatic carbocycles. The zero-order valence-electron chi connectivity index (χ0n) is 10.2. The third-order valence-corrected chi connectivity index (χ3v) is 2.15. The fourth-order valence-electron chi connectivity index (χ4n) is 1.39. The smallest absolute Gasteiger partial charge is 0.330 e. The third kappa shape index (κ3) is 8.18. The second-order valence-corrected chi connectivity index (χ2v) is 3.46. The molecule has 0 aliphatic carbocycles. The van der Waals surface area contributed by atoms with Crippen molar-refractivity contribution in [3.05, 3.63) is 12.2 Å². The largest absolute Gasteiger partial charge is 0.462 e. The molecule has 0 aliphatic rings. The van der Waals surface area contributed by atoms with Crippen LogP contribution in [0, 0.1) is 0 Å². The summed E-state index contributed by atoms with van der Waals surface area (Å²) < 4.78 is 5.00. The number of esters is 1. The molecule has 0 aromatic rings. The van der Waals surface area contributed by atoms with Crippen molar-refractivity contribution in [3.63, 3.8) is 0 Å². The summed E-state index contributed by atoms with van der Waals surface area (Å²) in [6.07, 6.45) is 5.23. The molecule has 0 saturated carbocycles. The fourth-order valence-corrected chi connectivity index (χ4v) is 1.39. The summed E-state index contributed by atoms with van der Waals surface area (Å²) >= 11 is 0. The molecule has 0 rings (SSSR count). The number of hydrogen-bond acceptors (Lipinski definition) is 3.